The van der Waals surface area contributed by atoms with Crippen LogP contribution in [0.2, 0.25) is 0 Å². The molecule has 106 valence electrons. The molecule has 0 saturated carbocycles. The Hall–Kier alpha value is -1.83. The van der Waals surface area contributed by atoms with Gasteiger partial charge in [-0.3, -0.25) is 14.9 Å². The number of carbonyl (C=O) groups excluding carboxylic acids is 3. The van der Waals surface area contributed by atoms with Crippen molar-refractivity contribution in [2.75, 3.05) is 4.90 Å². The van der Waals surface area contributed by atoms with Gasteiger partial charge in [-0.2, -0.15) is 0 Å². The van der Waals surface area contributed by atoms with Crippen molar-refractivity contribution in [2.24, 2.45) is 5.41 Å². The van der Waals surface area contributed by atoms with Crippen LogP contribution in [0.3, 0.4) is 0 Å². The molecule has 1 aliphatic heterocycles. The molecular formula is C12H9BrF2N2O3. The first kappa shape index (κ1) is 14.6. The van der Waals surface area contributed by atoms with Gasteiger partial charge in [0.15, 0.2) is 5.82 Å². The zero-order chi connectivity index (χ0) is 15.2. The Labute approximate surface area is 121 Å². The molecule has 1 saturated heterocycles. The van der Waals surface area contributed by atoms with Crippen LogP contribution in [0.1, 0.15) is 13.8 Å². The van der Waals surface area contributed by atoms with Crippen molar-refractivity contribution in [3.05, 3.63) is 28.2 Å². The molecule has 0 aromatic heterocycles. The van der Waals surface area contributed by atoms with Crippen LogP contribution < -0.4 is 10.2 Å². The molecule has 1 N–H and O–H groups in total. The van der Waals surface area contributed by atoms with Crippen LogP contribution in [-0.4, -0.2) is 17.8 Å². The second kappa shape index (κ2) is 4.62. The highest BCUT2D eigenvalue weighted by Crippen LogP contribution is 2.35. The lowest BCUT2D eigenvalue weighted by Crippen LogP contribution is -2.62. The van der Waals surface area contributed by atoms with E-state index in [4.69, 9.17) is 0 Å². The summed E-state index contributed by atoms with van der Waals surface area (Å²) >= 11 is 2.90. The smallest absolute Gasteiger partial charge is 0.276 e. The molecule has 1 fully saturated rings. The van der Waals surface area contributed by atoms with E-state index in [9.17, 15) is 23.2 Å². The summed E-state index contributed by atoms with van der Waals surface area (Å²) in [5, 5.41) is 1.96. The normalized spacial score (nSPS) is 18.2. The van der Waals surface area contributed by atoms with Crippen molar-refractivity contribution in [1.29, 1.82) is 0 Å². The van der Waals surface area contributed by atoms with E-state index in [0.29, 0.717) is 11.0 Å². The molecule has 2 rings (SSSR count). The fraction of sp³-hybridized carbons (Fsp3) is 0.250. The van der Waals surface area contributed by atoms with Gasteiger partial charge in [-0.25, -0.2) is 18.5 Å². The predicted molar refractivity (Wildman–Crippen MR) is 68.9 cm³/mol. The third-order valence-corrected chi connectivity index (χ3v) is 3.54. The van der Waals surface area contributed by atoms with Crippen LogP contribution in [0, 0.1) is 17.0 Å². The van der Waals surface area contributed by atoms with Crippen molar-refractivity contribution < 1.29 is 23.2 Å². The zero-order valence-corrected chi connectivity index (χ0v) is 12.0. The zero-order valence-electron chi connectivity index (χ0n) is 10.5. The lowest BCUT2D eigenvalue weighted by molar-refractivity contribution is -0.140. The molecule has 0 spiro atoms. The minimum absolute atomic E-state index is 0.108. The number of halogens is 3. The SMILES string of the molecule is CC1(C)C(=O)NC(=O)N(c2c(F)cc(F)cc2Br)C1=O. The highest BCUT2D eigenvalue weighted by atomic mass is 79.9. The van der Waals surface area contributed by atoms with E-state index in [-0.39, 0.29) is 4.47 Å². The van der Waals surface area contributed by atoms with Gasteiger partial charge in [0.1, 0.15) is 16.9 Å². The van der Waals surface area contributed by atoms with Crippen LogP contribution in [0.4, 0.5) is 19.3 Å². The molecule has 0 aliphatic carbocycles. The maximum atomic E-state index is 13.9. The number of imide groups is 2. The summed E-state index contributed by atoms with van der Waals surface area (Å²) in [6, 6.07) is 0.387. The van der Waals surface area contributed by atoms with Crippen LogP contribution >= 0.6 is 15.9 Å². The topological polar surface area (TPSA) is 66.5 Å². The largest absolute Gasteiger partial charge is 0.335 e. The summed E-state index contributed by atoms with van der Waals surface area (Å²) in [5.74, 6) is -3.62. The number of hydrogen-bond donors (Lipinski definition) is 1. The van der Waals surface area contributed by atoms with Gasteiger partial charge < -0.3 is 0 Å². The van der Waals surface area contributed by atoms with Gasteiger partial charge in [0.2, 0.25) is 11.8 Å². The van der Waals surface area contributed by atoms with E-state index in [1.165, 1.54) is 13.8 Å². The maximum Gasteiger partial charge on any atom is 0.335 e. The second-order valence-electron chi connectivity index (χ2n) is 4.74. The number of amides is 4. The number of benzene rings is 1. The van der Waals surface area contributed by atoms with Crippen LogP contribution in [0.5, 0.6) is 0 Å². The van der Waals surface area contributed by atoms with Crippen molar-refractivity contribution in [1.82, 2.24) is 5.32 Å². The Morgan fingerprint density at radius 3 is 2.35 bits per heavy atom. The number of anilines is 1. The lowest BCUT2D eigenvalue weighted by Gasteiger charge is -2.34. The Bertz CT molecular complexity index is 623. The van der Waals surface area contributed by atoms with E-state index < -0.39 is 40.6 Å². The van der Waals surface area contributed by atoms with Gasteiger partial charge in [-0.05, 0) is 35.8 Å². The Balaban J connectivity index is 2.60. The first-order valence-electron chi connectivity index (χ1n) is 5.50. The summed E-state index contributed by atoms with van der Waals surface area (Å²) in [5.41, 5.74) is -1.97. The summed E-state index contributed by atoms with van der Waals surface area (Å²) in [7, 11) is 0. The molecule has 4 amide bonds. The van der Waals surface area contributed by atoms with E-state index in [2.05, 4.69) is 15.9 Å². The maximum absolute atomic E-state index is 13.9. The number of hydrogen-bond acceptors (Lipinski definition) is 3. The number of nitrogens with one attached hydrogen (secondary N) is 1. The van der Waals surface area contributed by atoms with Crippen molar-refractivity contribution in [2.45, 2.75) is 13.8 Å². The predicted octanol–water partition coefficient (Wildman–Crippen LogP) is 2.34. The Kier molecular flexibility index (Phi) is 3.37. The van der Waals surface area contributed by atoms with Gasteiger partial charge in [-0.15, -0.1) is 0 Å². The first-order valence-corrected chi connectivity index (χ1v) is 6.30. The average molecular weight is 347 g/mol. The fourth-order valence-electron chi connectivity index (χ4n) is 1.73. The number of barbiturate groups is 1. The molecule has 20 heavy (non-hydrogen) atoms. The molecule has 1 heterocycles. The van der Waals surface area contributed by atoms with E-state index in [1.54, 1.807) is 0 Å². The molecule has 0 unspecified atom stereocenters. The van der Waals surface area contributed by atoms with E-state index in [0.717, 1.165) is 6.07 Å². The number of urea groups is 1. The molecule has 5 nitrogen and oxygen atoms in total. The van der Waals surface area contributed by atoms with Gasteiger partial charge in [0.05, 0.1) is 0 Å². The number of carbonyl (C=O) groups is 3. The summed E-state index contributed by atoms with van der Waals surface area (Å²) < 4.78 is 26.8. The number of rotatable bonds is 1. The minimum atomic E-state index is -1.53. The molecule has 1 aromatic rings. The average Bonchev–Trinajstić information content (AvgIpc) is 2.30. The molecule has 1 aliphatic rings. The monoisotopic (exact) mass is 346 g/mol. The fourth-order valence-corrected chi connectivity index (χ4v) is 2.31. The molecule has 0 atom stereocenters. The minimum Gasteiger partial charge on any atom is -0.276 e. The van der Waals surface area contributed by atoms with Crippen molar-refractivity contribution in [3.8, 4) is 0 Å². The second-order valence-corrected chi connectivity index (χ2v) is 5.60. The quantitative estimate of drug-likeness (QED) is 0.793. The lowest BCUT2D eigenvalue weighted by atomic mass is 9.88. The Morgan fingerprint density at radius 2 is 1.80 bits per heavy atom. The third kappa shape index (κ3) is 2.09. The molecule has 8 heteroatoms. The third-order valence-electron chi connectivity index (χ3n) is 2.93. The van der Waals surface area contributed by atoms with Crippen LogP contribution in [-0.2, 0) is 9.59 Å². The molecule has 0 bridgehead atoms. The van der Waals surface area contributed by atoms with Gasteiger partial charge in [0, 0.05) is 10.5 Å². The highest BCUT2D eigenvalue weighted by molar-refractivity contribution is 9.10. The summed E-state index contributed by atoms with van der Waals surface area (Å²) in [4.78, 5) is 36.1. The van der Waals surface area contributed by atoms with Gasteiger partial charge >= 0.3 is 6.03 Å². The Morgan fingerprint density at radius 1 is 1.20 bits per heavy atom. The standard InChI is InChI=1S/C12H9BrF2N2O3/c1-12(2)9(18)16-11(20)17(10(12)19)8-6(13)3-5(14)4-7(8)15/h3-4H,1-2H3,(H,16,18,20). The van der Waals surface area contributed by atoms with Gasteiger partial charge in [0.25, 0.3) is 0 Å². The van der Waals surface area contributed by atoms with Gasteiger partial charge in [-0.1, -0.05) is 0 Å². The summed E-state index contributed by atoms with van der Waals surface area (Å²) in [6.45, 7) is 2.61. The summed E-state index contributed by atoms with van der Waals surface area (Å²) in [6.07, 6.45) is 0. The van der Waals surface area contributed by atoms with E-state index >= 15 is 0 Å². The molecular weight excluding hydrogens is 338 g/mol. The molecule has 0 radical (unpaired) electrons. The van der Waals surface area contributed by atoms with Crippen LogP contribution in [0.25, 0.3) is 0 Å². The van der Waals surface area contributed by atoms with Crippen molar-refractivity contribution in [3.63, 3.8) is 0 Å². The van der Waals surface area contributed by atoms with E-state index in [1.807, 2.05) is 5.32 Å². The molecule has 1 aromatic carbocycles. The first-order chi connectivity index (χ1) is 9.16. The van der Waals surface area contributed by atoms with Crippen LogP contribution in [0.15, 0.2) is 16.6 Å². The van der Waals surface area contributed by atoms with Crippen molar-refractivity contribution >= 4 is 39.5 Å². The number of nitrogens with zero attached hydrogens (tertiary/aromatic N) is 1. The highest BCUT2D eigenvalue weighted by Gasteiger charge is 2.48.